The lowest BCUT2D eigenvalue weighted by atomic mass is 9.94. The van der Waals surface area contributed by atoms with Crippen molar-refractivity contribution in [2.24, 2.45) is 0 Å². The van der Waals surface area contributed by atoms with E-state index in [0.29, 0.717) is 17.5 Å². The predicted molar refractivity (Wildman–Crippen MR) is 197 cm³/mol. The van der Waals surface area contributed by atoms with Gasteiger partial charge in [-0.15, -0.1) is 11.3 Å². The fourth-order valence-electron chi connectivity index (χ4n) is 6.45. The molecule has 0 N–H and O–H groups in total. The zero-order valence-corrected chi connectivity index (χ0v) is 26.2. The molecule has 0 amide bonds. The lowest BCUT2D eigenvalue weighted by Crippen LogP contribution is -2.01. The predicted octanol–water partition coefficient (Wildman–Crippen LogP) is 11.7. The second-order valence-corrected chi connectivity index (χ2v) is 12.7. The molecule has 0 spiro atoms. The molecule has 0 saturated heterocycles. The van der Waals surface area contributed by atoms with Gasteiger partial charge in [0.15, 0.2) is 17.5 Å². The second-order valence-electron chi connectivity index (χ2n) is 11.6. The minimum absolute atomic E-state index is 0.648. The molecular weight excluding hydrogens is 591 g/mol. The van der Waals surface area contributed by atoms with E-state index in [1.54, 1.807) is 0 Å². The number of hydrogen-bond donors (Lipinski definition) is 0. The van der Waals surface area contributed by atoms with E-state index < -0.39 is 0 Å². The first-order valence-corrected chi connectivity index (χ1v) is 16.5. The minimum Gasteiger partial charge on any atom is -0.208 e. The van der Waals surface area contributed by atoms with Crippen molar-refractivity contribution in [3.05, 3.63) is 164 Å². The summed E-state index contributed by atoms with van der Waals surface area (Å²) in [5.41, 5.74) is 7.54. The summed E-state index contributed by atoms with van der Waals surface area (Å²) in [5, 5.41) is 4.87. The molecule has 9 rings (SSSR count). The van der Waals surface area contributed by atoms with Crippen LogP contribution in [0.5, 0.6) is 0 Å². The number of benzene rings is 7. The first-order valence-electron chi connectivity index (χ1n) is 15.7. The quantitative estimate of drug-likeness (QED) is 0.193. The Hall–Kier alpha value is -5.97. The number of hydrogen-bond acceptors (Lipinski definition) is 4. The number of fused-ring (bicyclic) bond motifs is 4. The Morgan fingerprint density at radius 2 is 0.851 bits per heavy atom. The molecule has 0 unspecified atom stereocenters. The van der Waals surface area contributed by atoms with Crippen molar-refractivity contribution in [1.82, 2.24) is 15.0 Å². The molecule has 0 aliphatic carbocycles. The second kappa shape index (κ2) is 11.4. The van der Waals surface area contributed by atoms with Gasteiger partial charge in [-0.25, -0.2) is 15.0 Å². The van der Waals surface area contributed by atoms with Crippen molar-refractivity contribution in [3.63, 3.8) is 0 Å². The van der Waals surface area contributed by atoms with E-state index in [1.165, 1.54) is 31.3 Å². The molecule has 0 aliphatic heterocycles. The molecule has 220 valence electrons. The van der Waals surface area contributed by atoms with Crippen LogP contribution in [0.25, 0.3) is 87.4 Å². The minimum atomic E-state index is 0.648. The number of nitrogens with zero attached hydrogens (tertiary/aromatic N) is 3. The number of rotatable bonds is 5. The summed E-state index contributed by atoms with van der Waals surface area (Å²) in [6.07, 6.45) is 0. The Balaban J connectivity index is 1.22. The summed E-state index contributed by atoms with van der Waals surface area (Å²) in [4.78, 5) is 15.2. The lowest BCUT2D eigenvalue weighted by molar-refractivity contribution is 1.08. The lowest BCUT2D eigenvalue weighted by Gasteiger charge is -2.13. The SMILES string of the molecule is c1ccc(-c2cccc(-c3nc(-c4ccccc4)nc(-c4ccc(-c5ccc6sc7ccccc7c6c5)c5ccccc45)n3)c2)cc1. The molecule has 3 nitrogen and oxygen atoms in total. The zero-order chi connectivity index (χ0) is 31.2. The topological polar surface area (TPSA) is 38.7 Å². The first kappa shape index (κ1) is 27.3. The van der Waals surface area contributed by atoms with Gasteiger partial charge in [0.1, 0.15) is 0 Å². The van der Waals surface area contributed by atoms with Crippen LogP contribution in [0.2, 0.25) is 0 Å². The van der Waals surface area contributed by atoms with Gasteiger partial charge in [0, 0.05) is 36.9 Å². The maximum atomic E-state index is 5.13. The van der Waals surface area contributed by atoms with Gasteiger partial charge < -0.3 is 0 Å². The van der Waals surface area contributed by atoms with Crippen molar-refractivity contribution in [3.8, 4) is 56.4 Å². The summed E-state index contributed by atoms with van der Waals surface area (Å²) in [6.45, 7) is 0. The molecule has 2 aromatic heterocycles. The first-order chi connectivity index (χ1) is 23.3. The van der Waals surface area contributed by atoms with Gasteiger partial charge in [-0.2, -0.15) is 0 Å². The van der Waals surface area contributed by atoms with Gasteiger partial charge in [0.05, 0.1) is 0 Å². The van der Waals surface area contributed by atoms with E-state index in [4.69, 9.17) is 15.0 Å². The molecule has 47 heavy (non-hydrogen) atoms. The van der Waals surface area contributed by atoms with Gasteiger partial charge in [-0.1, -0.05) is 133 Å². The Kier molecular flexibility index (Phi) is 6.65. The summed E-state index contributed by atoms with van der Waals surface area (Å²) < 4.78 is 2.62. The third-order valence-electron chi connectivity index (χ3n) is 8.75. The summed E-state index contributed by atoms with van der Waals surface area (Å²) in [7, 11) is 0. The third kappa shape index (κ3) is 4.96. The van der Waals surface area contributed by atoms with Gasteiger partial charge in [0.25, 0.3) is 0 Å². The van der Waals surface area contributed by atoms with Crippen LogP contribution in [-0.2, 0) is 0 Å². The Morgan fingerprint density at radius 3 is 1.64 bits per heavy atom. The van der Waals surface area contributed by atoms with Gasteiger partial charge >= 0.3 is 0 Å². The van der Waals surface area contributed by atoms with Crippen LogP contribution in [0.3, 0.4) is 0 Å². The molecule has 0 atom stereocenters. The third-order valence-corrected chi connectivity index (χ3v) is 9.90. The van der Waals surface area contributed by atoms with E-state index in [1.807, 2.05) is 35.6 Å². The van der Waals surface area contributed by atoms with Gasteiger partial charge in [0.2, 0.25) is 0 Å². The van der Waals surface area contributed by atoms with Gasteiger partial charge in [-0.05, 0) is 63.4 Å². The number of thiophene rings is 1. The van der Waals surface area contributed by atoms with Crippen LogP contribution < -0.4 is 0 Å². The van der Waals surface area contributed by atoms with E-state index in [-0.39, 0.29) is 0 Å². The highest BCUT2D eigenvalue weighted by molar-refractivity contribution is 7.25. The molecule has 7 aromatic carbocycles. The maximum Gasteiger partial charge on any atom is 0.164 e. The molecule has 0 bridgehead atoms. The fourth-order valence-corrected chi connectivity index (χ4v) is 7.54. The van der Waals surface area contributed by atoms with Crippen LogP contribution >= 0.6 is 11.3 Å². The van der Waals surface area contributed by atoms with E-state index in [9.17, 15) is 0 Å². The molecule has 2 heterocycles. The number of aromatic nitrogens is 3. The fraction of sp³-hybridized carbons (Fsp3) is 0. The Bertz CT molecular complexity index is 2570. The zero-order valence-electron chi connectivity index (χ0n) is 25.3. The van der Waals surface area contributed by atoms with E-state index in [0.717, 1.165) is 38.6 Å². The van der Waals surface area contributed by atoms with Crippen molar-refractivity contribution in [2.75, 3.05) is 0 Å². The molecule has 0 radical (unpaired) electrons. The van der Waals surface area contributed by atoms with Gasteiger partial charge in [-0.3, -0.25) is 0 Å². The van der Waals surface area contributed by atoms with Crippen LogP contribution in [0.4, 0.5) is 0 Å². The van der Waals surface area contributed by atoms with Crippen molar-refractivity contribution < 1.29 is 0 Å². The molecule has 0 aliphatic rings. The van der Waals surface area contributed by atoms with Crippen molar-refractivity contribution in [2.45, 2.75) is 0 Å². The molecule has 4 heteroatoms. The van der Waals surface area contributed by atoms with Crippen molar-refractivity contribution >= 4 is 42.3 Å². The van der Waals surface area contributed by atoms with Crippen LogP contribution in [-0.4, -0.2) is 15.0 Å². The summed E-state index contributed by atoms with van der Waals surface area (Å²) in [6, 6.07) is 57.5. The molecular formula is C43H27N3S. The monoisotopic (exact) mass is 617 g/mol. The van der Waals surface area contributed by atoms with E-state index in [2.05, 4.69) is 140 Å². The van der Waals surface area contributed by atoms with Crippen molar-refractivity contribution in [1.29, 1.82) is 0 Å². The van der Waals surface area contributed by atoms with Crippen LogP contribution in [0.1, 0.15) is 0 Å². The summed E-state index contributed by atoms with van der Waals surface area (Å²) >= 11 is 1.84. The highest BCUT2D eigenvalue weighted by Crippen LogP contribution is 2.40. The maximum absolute atomic E-state index is 5.13. The smallest absolute Gasteiger partial charge is 0.164 e. The normalized spacial score (nSPS) is 11.4. The van der Waals surface area contributed by atoms with Crippen LogP contribution in [0, 0.1) is 0 Å². The summed E-state index contributed by atoms with van der Waals surface area (Å²) in [5.74, 6) is 1.95. The Labute approximate surface area is 276 Å². The van der Waals surface area contributed by atoms with Crippen LogP contribution in [0.15, 0.2) is 164 Å². The Morgan fingerprint density at radius 1 is 0.298 bits per heavy atom. The molecule has 9 aromatic rings. The highest BCUT2D eigenvalue weighted by atomic mass is 32.1. The average Bonchev–Trinajstić information content (AvgIpc) is 3.53. The largest absolute Gasteiger partial charge is 0.208 e. The standard InChI is InChI=1S/C43H27N3S/c1-3-12-28(13-4-1)30-16-11-17-32(26-30)42-44-41(29-14-5-2-6-15-29)45-43(46-42)37-24-23-33(34-18-7-8-19-35(34)37)31-22-25-40-38(27-31)36-20-9-10-21-39(36)47-40/h1-27H. The molecule has 0 fully saturated rings. The molecule has 0 saturated carbocycles. The van der Waals surface area contributed by atoms with E-state index >= 15 is 0 Å². The average molecular weight is 618 g/mol. The highest BCUT2D eigenvalue weighted by Gasteiger charge is 2.17.